The lowest BCUT2D eigenvalue weighted by molar-refractivity contribution is 0.0696. The van der Waals surface area contributed by atoms with E-state index in [1.54, 1.807) is 31.2 Å². The Hall–Kier alpha value is -2.56. The predicted molar refractivity (Wildman–Crippen MR) is 75.5 cm³/mol. The van der Waals surface area contributed by atoms with E-state index in [2.05, 4.69) is 0 Å². The molecule has 0 amide bonds. The Morgan fingerprint density at radius 3 is 2.38 bits per heavy atom. The number of aryl methyl sites for hydroxylation is 1. The highest BCUT2D eigenvalue weighted by molar-refractivity contribution is 5.88. The molecule has 0 spiro atoms. The Bertz CT molecular complexity index is 623. The van der Waals surface area contributed by atoms with E-state index < -0.39 is 5.97 Å². The maximum Gasteiger partial charge on any atom is 0.335 e. The number of rotatable bonds is 6. The number of halogens is 1. The summed E-state index contributed by atoms with van der Waals surface area (Å²) in [5, 5.41) is 8.87. The summed E-state index contributed by atoms with van der Waals surface area (Å²) in [6.45, 7) is 2.40. The molecule has 0 heterocycles. The van der Waals surface area contributed by atoms with Gasteiger partial charge in [0.05, 0.1) is 5.56 Å². The molecule has 0 atom stereocenters. The third-order valence-electron chi connectivity index (χ3n) is 2.85. The summed E-state index contributed by atoms with van der Waals surface area (Å²) < 4.78 is 23.6. The molecule has 21 heavy (non-hydrogen) atoms. The fourth-order valence-corrected chi connectivity index (χ4v) is 1.79. The van der Waals surface area contributed by atoms with Crippen LogP contribution in [0.3, 0.4) is 0 Å². The molecule has 0 unspecified atom stereocenters. The molecule has 0 bridgehead atoms. The summed E-state index contributed by atoms with van der Waals surface area (Å²) in [6, 6.07) is 10.4. The van der Waals surface area contributed by atoms with Gasteiger partial charge < -0.3 is 14.6 Å². The van der Waals surface area contributed by atoms with Gasteiger partial charge in [0.1, 0.15) is 30.5 Å². The molecule has 1 N–H and O–H groups in total. The van der Waals surface area contributed by atoms with Crippen LogP contribution in [0.2, 0.25) is 0 Å². The second-order valence-corrected chi connectivity index (χ2v) is 4.44. The number of hydrogen-bond donors (Lipinski definition) is 1. The van der Waals surface area contributed by atoms with Crippen LogP contribution >= 0.6 is 0 Å². The van der Waals surface area contributed by atoms with Gasteiger partial charge in [0, 0.05) is 0 Å². The maximum absolute atomic E-state index is 12.7. The SMILES string of the molecule is Cc1cc(C(=O)O)ccc1OCCOc1ccc(F)cc1. The summed E-state index contributed by atoms with van der Waals surface area (Å²) in [5.74, 6) is -0.0994. The van der Waals surface area contributed by atoms with E-state index in [0.717, 1.165) is 5.56 Å². The zero-order valence-electron chi connectivity index (χ0n) is 11.5. The highest BCUT2D eigenvalue weighted by Gasteiger charge is 2.06. The van der Waals surface area contributed by atoms with Crippen molar-refractivity contribution in [2.75, 3.05) is 13.2 Å². The first-order valence-corrected chi connectivity index (χ1v) is 6.41. The van der Waals surface area contributed by atoms with Crippen LogP contribution in [-0.2, 0) is 0 Å². The van der Waals surface area contributed by atoms with Crippen LogP contribution in [-0.4, -0.2) is 24.3 Å². The lowest BCUT2D eigenvalue weighted by Crippen LogP contribution is -2.10. The standard InChI is InChI=1S/C16H15FO4/c1-11-10-12(16(18)19)2-7-15(11)21-9-8-20-14-5-3-13(17)4-6-14/h2-7,10H,8-9H2,1H3,(H,18,19). The molecule has 5 heteroatoms. The van der Waals surface area contributed by atoms with Crippen molar-refractivity contribution in [3.63, 3.8) is 0 Å². The van der Waals surface area contributed by atoms with Gasteiger partial charge in [-0.3, -0.25) is 0 Å². The second-order valence-electron chi connectivity index (χ2n) is 4.44. The van der Waals surface area contributed by atoms with Gasteiger partial charge in [-0.2, -0.15) is 0 Å². The lowest BCUT2D eigenvalue weighted by atomic mass is 10.1. The normalized spacial score (nSPS) is 10.2. The van der Waals surface area contributed by atoms with Crippen molar-refractivity contribution in [2.24, 2.45) is 0 Å². The Labute approximate surface area is 121 Å². The molecule has 0 radical (unpaired) electrons. The summed E-state index contributed by atoms with van der Waals surface area (Å²) in [5.41, 5.74) is 0.971. The average molecular weight is 290 g/mol. The summed E-state index contributed by atoms with van der Waals surface area (Å²) in [7, 11) is 0. The zero-order valence-corrected chi connectivity index (χ0v) is 11.5. The molecule has 2 aromatic carbocycles. The van der Waals surface area contributed by atoms with Crippen molar-refractivity contribution in [2.45, 2.75) is 6.92 Å². The van der Waals surface area contributed by atoms with E-state index >= 15 is 0 Å². The monoisotopic (exact) mass is 290 g/mol. The first-order chi connectivity index (χ1) is 10.1. The first kappa shape index (κ1) is 14.8. The fraction of sp³-hybridized carbons (Fsp3) is 0.188. The van der Waals surface area contributed by atoms with E-state index in [1.165, 1.54) is 18.2 Å². The minimum Gasteiger partial charge on any atom is -0.490 e. The van der Waals surface area contributed by atoms with E-state index in [1.807, 2.05) is 0 Å². The minimum absolute atomic E-state index is 0.224. The number of carboxylic acid groups (broad SMARTS) is 1. The summed E-state index contributed by atoms with van der Waals surface area (Å²) in [4.78, 5) is 10.8. The number of benzene rings is 2. The number of ether oxygens (including phenoxy) is 2. The molecule has 2 rings (SSSR count). The van der Waals surface area contributed by atoms with Crippen LogP contribution in [0.4, 0.5) is 4.39 Å². The summed E-state index contributed by atoms with van der Waals surface area (Å²) >= 11 is 0. The van der Waals surface area contributed by atoms with E-state index in [9.17, 15) is 9.18 Å². The highest BCUT2D eigenvalue weighted by Crippen LogP contribution is 2.19. The molecule has 0 saturated heterocycles. The van der Waals surface area contributed by atoms with Crippen LogP contribution in [0.1, 0.15) is 15.9 Å². The van der Waals surface area contributed by atoms with Crippen molar-refractivity contribution >= 4 is 5.97 Å². The quantitative estimate of drug-likeness (QED) is 0.829. The number of carbonyl (C=O) groups is 1. The van der Waals surface area contributed by atoms with Gasteiger partial charge in [-0.15, -0.1) is 0 Å². The van der Waals surface area contributed by atoms with Crippen LogP contribution in [0.5, 0.6) is 11.5 Å². The molecule has 0 fully saturated rings. The number of carboxylic acids is 1. The molecular weight excluding hydrogens is 275 g/mol. The molecule has 110 valence electrons. The fourth-order valence-electron chi connectivity index (χ4n) is 1.79. The van der Waals surface area contributed by atoms with Gasteiger partial charge in [0.25, 0.3) is 0 Å². The van der Waals surface area contributed by atoms with Gasteiger partial charge in [0.15, 0.2) is 0 Å². The average Bonchev–Trinajstić information content (AvgIpc) is 2.46. The molecule has 0 aliphatic heterocycles. The molecule has 4 nitrogen and oxygen atoms in total. The highest BCUT2D eigenvalue weighted by atomic mass is 19.1. The van der Waals surface area contributed by atoms with Crippen molar-refractivity contribution in [3.05, 3.63) is 59.4 Å². The van der Waals surface area contributed by atoms with Crippen molar-refractivity contribution in [1.29, 1.82) is 0 Å². The second kappa shape index (κ2) is 6.74. The van der Waals surface area contributed by atoms with Gasteiger partial charge in [-0.1, -0.05) is 0 Å². The molecular formula is C16H15FO4. The van der Waals surface area contributed by atoms with Crippen LogP contribution in [0, 0.1) is 12.7 Å². The van der Waals surface area contributed by atoms with Gasteiger partial charge in [-0.05, 0) is 55.0 Å². The molecule has 0 aliphatic rings. The first-order valence-electron chi connectivity index (χ1n) is 6.41. The van der Waals surface area contributed by atoms with E-state index in [0.29, 0.717) is 24.7 Å². The maximum atomic E-state index is 12.7. The minimum atomic E-state index is -0.968. The summed E-state index contributed by atoms with van der Waals surface area (Å²) in [6.07, 6.45) is 0. The Kier molecular flexibility index (Phi) is 4.77. The van der Waals surface area contributed by atoms with Crippen molar-refractivity contribution in [3.8, 4) is 11.5 Å². The van der Waals surface area contributed by atoms with Crippen LogP contribution in [0.15, 0.2) is 42.5 Å². The van der Waals surface area contributed by atoms with E-state index in [-0.39, 0.29) is 11.4 Å². The molecule has 0 aromatic heterocycles. The molecule has 2 aromatic rings. The lowest BCUT2D eigenvalue weighted by Gasteiger charge is -2.10. The van der Waals surface area contributed by atoms with Crippen molar-refractivity contribution < 1.29 is 23.8 Å². The smallest absolute Gasteiger partial charge is 0.335 e. The predicted octanol–water partition coefficient (Wildman–Crippen LogP) is 3.29. The van der Waals surface area contributed by atoms with Gasteiger partial charge in [-0.25, -0.2) is 9.18 Å². The largest absolute Gasteiger partial charge is 0.490 e. The van der Waals surface area contributed by atoms with E-state index in [4.69, 9.17) is 14.6 Å². The Balaban J connectivity index is 1.83. The van der Waals surface area contributed by atoms with Crippen molar-refractivity contribution in [1.82, 2.24) is 0 Å². The molecule has 0 saturated carbocycles. The Morgan fingerprint density at radius 2 is 1.76 bits per heavy atom. The third kappa shape index (κ3) is 4.21. The van der Waals surface area contributed by atoms with Gasteiger partial charge in [0.2, 0.25) is 0 Å². The Morgan fingerprint density at radius 1 is 1.10 bits per heavy atom. The van der Waals surface area contributed by atoms with Crippen LogP contribution in [0.25, 0.3) is 0 Å². The molecule has 0 aliphatic carbocycles. The zero-order chi connectivity index (χ0) is 15.2. The number of hydrogen-bond acceptors (Lipinski definition) is 3. The number of aromatic carboxylic acids is 1. The van der Waals surface area contributed by atoms with Crippen LogP contribution < -0.4 is 9.47 Å². The van der Waals surface area contributed by atoms with Gasteiger partial charge >= 0.3 is 5.97 Å². The third-order valence-corrected chi connectivity index (χ3v) is 2.85. The topological polar surface area (TPSA) is 55.8 Å².